The zero-order valence-electron chi connectivity index (χ0n) is 10.9. The summed E-state index contributed by atoms with van der Waals surface area (Å²) in [6.45, 7) is 4.46. The van der Waals surface area contributed by atoms with Crippen molar-refractivity contribution in [3.8, 4) is 0 Å². The summed E-state index contributed by atoms with van der Waals surface area (Å²) in [5.74, 6) is -1.78. The molecule has 0 aliphatic carbocycles. The Bertz CT molecular complexity index is 581. The summed E-state index contributed by atoms with van der Waals surface area (Å²) in [5, 5.41) is 13.0. The maximum Gasteiger partial charge on any atom is 0.308 e. The third-order valence-electron chi connectivity index (χ3n) is 3.47. The summed E-state index contributed by atoms with van der Waals surface area (Å²) in [7, 11) is -3.64. The fraction of sp³-hybridized carbons (Fsp3) is 0.636. The molecule has 1 N–H and O–H groups in total. The largest absolute Gasteiger partial charge is 0.481 e. The molecule has 0 unspecified atom stereocenters. The molecule has 0 amide bonds. The molecule has 0 spiro atoms. The maximum absolute atomic E-state index is 12.4. The topological polar surface area (TPSA) is 92.5 Å². The van der Waals surface area contributed by atoms with Crippen LogP contribution in [0.1, 0.15) is 13.8 Å². The number of sulfonamides is 1. The predicted molar refractivity (Wildman–Crippen MR) is 66.9 cm³/mol. The van der Waals surface area contributed by atoms with Crippen molar-refractivity contribution in [1.82, 2.24) is 14.1 Å². The van der Waals surface area contributed by atoms with E-state index in [0.717, 1.165) is 0 Å². The van der Waals surface area contributed by atoms with Crippen molar-refractivity contribution in [3.63, 3.8) is 0 Å². The highest BCUT2D eigenvalue weighted by Gasteiger charge is 2.41. The summed E-state index contributed by atoms with van der Waals surface area (Å²) in [6.07, 6.45) is 2.77. The number of nitrogens with zero attached hydrogens (tertiary/aromatic N) is 3. The Labute approximate surface area is 111 Å². The Morgan fingerprint density at radius 2 is 2.21 bits per heavy atom. The van der Waals surface area contributed by atoms with Gasteiger partial charge in [0.25, 0.3) is 0 Å². The number of aromatic nitrogens is 2. The molecule has 0 radical (unpaired) electrons. The molecule has 1 aliphatic rings. The number of rotatable bonds is 4. The van der Waals surface area contributed by atoms with Gasteiger partial charge in [-0.2, -0.15) is 9.40 Å². The Balaban J connectivity index is 2.24. The zero-order chi connectivity index (χ0) is 14.2. The van der Waals surface area contributed by atoms with E-state index < -0.39 is 21.9 Å². The van der Waals surface area contributed by atoms with Crippen molar-refractivity contribution in [3.05, 3.63) is 12.4 Å². The fourth-order valence-electron chi connectivity index (χ4n) is 2.24. The first kappa shape index (κ1) is 14.0. The first-order valence-electron chi connectivity index (χ1n) is 6.11. The molecule has 0 bridgehead atoms. The number of carboxylic acids is 1. The van der Waals surface area contributed by atoms with E-state index in [9.17, 15) is 13.2 Å². The van der Waals surface area contributed by atoms with Gasteiger partial charge in [0.05, 0.1) is 12.1 Å². The van der Waals surface area contributed by atoms with Crippen LogP contribution in [0.25, 0.3) is 0 Å². The molecule has 1 aliphatic heterocycles. The number of aryl methyl sites for hydroxylation is 1. The zero-order valence-corrected chi connectivity index (χ0v) is 11.7. The van der Waals surface area contributed by atoms with Crippen molar-refractivity contribution in [2.75, 3.05) is 13.1 Å². The molecular weight excluding hydrogens is 270 g/mol. The lowest BCUT2D eigenvalue weighted by atomic mass is 9.99. The summed E-state index contributed by atoms with van der Waals surface area (Å²) in [5.41, 5.74) is 0. The molecule has 106 valence electrons. The van der Waals surface area contributed by atoms with Gasteiger partial charge in [0, 0.05) is 25.8 Å². The van der Waals surface area contributed by atoms with Crippen LogP contribution < -0.4 is 0 Å². The van der Waals surface area contributed by atoms with Gasteiger partial charge in [0.2, 0.25) is 10.0 Å². The van der Waals surface area contributed by atoms with Crippen molar-refractivity contribution in [1.29, 1.82) is 0 Å². The van der Waals surface area contributed by atoms with E-state index in [1.165, 1.54) is 21.4 Å². The monoisotopic (exact) mass is 287 g/mol. The van der Waals surface area contributed by atoms with Gasteiger partial charge in [-0.25, -0.2) is 8.42 Å². The summed E-state index contributed by atoms with van der Waals surface area (Å²) in [6, 6.07) is 0. The van der Waals surface area contributed by atoms with Crippen molar-refractivity contribution in [2.24, 2.45) is 11.8 Å². The van der Waals surface area contributed by atoms with E-state index in [1.54, 1.807) is 6.92 Å². The Hall–Kier alpha value is -1.41. The normalized spacial score (nSPS) is 24.7. The molecule has 0 saturated carbocycles. The van der Waals surface area contributed by atoms with E-state index in [4.69, 9.17) is 5.11 Å². The fourth-order valence-corrected chi connectivity index (χ4v) is 3.76. The van der Waals surface area contributed by atoms with Gasteiger partial charge in [-0.15, -0.1) is 0 Å². The second kappa shape index (κ2) is 4.93. The van der Waals surface area contributed by atoms with Crippen molar-refractivity contribution in [2.45, 2.75) is 25.3 Å². The number of hydrogen-bond acceptors (Lipinski definition) is 4. The third-order valence-corrected chi connectivity index (χ3v) is 5.25. The van der Waals surface area contributed by atoms with Crippen LogP contribution in [-0.2, 0) is 21.4 Å². The molecular formula is C11H17N3O4S. The molecule has 1 aromatic heterocycles. The lowest BCUT2D eigenvalue weighted by Crippen LogP contribution is -2.29. The average Bonchev–Trinajstić information content (AvgIpc) is 2.95. The lowest BCUT2D eigenvalue weighted by molar-refractivity contribution is -0.142. The van der Waals surface area contributed by atoms with Crippen LogP contribution in [0.3, 0.4) is 0 Å². The number of aliphatic carboxylic acids is 1. The van der Waals surface area contributed by atoms with Crippen LogP contribution in [0.15, 0.2) is 17.3 Å². The SMILES string of the molecule is CCn1cc(S(=O)(=O)N2C[C@@H](C)[C@H](C(=O)O)C2)cn1. The predicted octanol–water partition coefficient (Wildman–Crippen LogP) is 0.244. The van der Waals surface area contributed by atoms with E-state index in [0.29, 0.717) is 6.54 Å². The molecule has 1 fully saturated rings. The average molecular weight is 287 g/mol. The number of hydrogen-bond donors (Lipinski definition) is 1. The summed E-state index contributed by atoms with van der Waals surface area (Å²) >= 11 is 0. The van der Waals surface area contributed by atoms with Crippen LogP contribution in [0, 0.1) is 11.8 Å². The van der Waals surface area contributed by atoms with Crippen LogP contribution in [-0.4, -0.2) is 46.7 Å². The Morgan fingerprint density at radius 3 is 2.68 bits per heavy atom. The standard InChI is InChI=1S/C11H17N3O4S/c1-3-13-6-9(4-12-13)19(17,18)14-5-8(2)10(7-14)11(15)16/h4,6,8,10H,3,5,7H2,1-2H3,(H,15,16)/t8-,10-/m1/s1. The highest BCUT2D eigenvalue weighted by molar-refractivity contribution is 7.89. The van der Waals surface area contributed by atoms with Gasteiger partial charge in [-0.1, -0.05) is 6.92 Å². The van der Waals surface area contributed by atoms with E-state index in [-0.39, 0.29) is 23.9 Å². The third kappa shape index (κ3) is 2.50. The first-order valence-corrected chi connectivity index (χ1v) is 7.55. The second-order valence-electron chi connectivity index (χ2n) is 4.78. The van der Waals surface area contributed by atoms with E-state index in [1.807, 2.05) is 6.92 Å². The van der Waals surface area contributed by atoms with Gasteiger partial charge >= 0.3 is 5.97 Å². The minimum atomic E-state index is -3.64. The summed E-state index contributed by atoms with van der Waals surface area (Å²) in [4.78, 5) is 11.2. The van der Waals surface area contributed by atoms with Crippen LogP contribution in [0.2, 0.25) is 0 Å². The van der Waals surface area contributed by atoms with Crippen LogP contribution >= 0.6 is 0 Å². The van der Waals surface area contributed by atoms with Crippen LogP contribution in [0.5, 0.6) is 0 Å². The molecule has 1 aromatic rings. The van der Waals surface area contributed by atoms with Crippen molar-refractivity contribution >= 4 is 16.0 Å². The number of carboxylic acid groups (broad SMARTS) is 1. The molecule has 1 saturated heterocycles. The highest BCUT2D eigenvalue weighted by atomic mass is 32.2. The second-order valence-corrected chi connectivity index (χ2v) is 6.71. The first-order chi connectivity index (χ1) is 8.86. The molecule has 7 nitrogen and oxygen atoms in total. The molecule has 2 rings (SSSR count). The molecule has 19 heavy (non-hydrogen) atoms. The van der Waals surface area contributed by atoms with E-state index in [2.05, 4.69) is 5.10 Å². The lowest BCUT2D eigenvalue weighted by Gasteiger charge is -2.14. The van der Waals surface area contributed by atoms with Crippen LogP contribution in [0.4, 0.5) is 0 Å². The smallest absolute Gasteiger partial charge is 0.308 e. The molecule has 2 atom stereocenters. The molecule has 2 heterocycles. The van der Waals surface area contributed by atoms with E-state index >= 15 is 0 Å². The molecule has 0 aromatic carbocycles. The maximum atomic E-state index is 12.4. The highest BCUT2D eigenvalue weighted by Crippen LogP contribution is 2.28. The minimum Gasteiger partial charge on any atom is -0.481 e. The van der Waals surface area contributed by atoms with Gasteiger partial charge in [-0.3, -0.25) is 9.48 Å². The summed E-state index contributed by atoms with van der Waals surface area (Å²) < 4.78 is 27.5. The van der Waals surface area contributed by atoms with Gasteiger partial charge in [0.1, 0.15) is 4.90 Å². The van der Waals surface area contributed by atoms with Gasteiger partial charge < -0.3 is 5.11 Å². The Morgan fingerprint density at radius 1 is 1.53 bits per heavy atom. The number of carbonyl (C=O) groups is 1. The van der Waals surface area contributed by atoms with Crippen molar-refractivity contribution < 1.29 is 18.3 Å². The quantitative estimate of drug-likeness (QED) is 0.856. The van der Waals surface area contributed by atoms with Gasteiger partial charge in [0.15, 0.2) is 0 Å². The minimum absolute atomic E-state index is 0.0239. The molecule has 8 heteroatoms. The van der Waals surface area contributed by atoms with Gasteiger partial charge in [-0.05, 0) is 12.8 Å². The Kier molecular flexibility index (Phi) is 3.64.